The number of hydrogen-bond donors (Lipinski definition) is 0. The summed E-state index contributed by atoms with van der Waals surface area (Å²) in [5, 5.41) is 4.95. The van der Waals surface area contributed by atoms with Crippen molar-refractivity contribution >= 4 is 29.4 Å². The third-order valence-electron chi connectivity index (χ3n) is 8.13. The summed E-state index contributed by atoms with van der Waals surface area (Å²) in [6, 6.07) is 19.5. The molecule has 0 spiro atoms. The Kier molecular flexibility index (Phi) is 10.1. The second-order valence-electron chi connectivity index (χ2n) is 11.6. The molecule has 0 aliphatic carbocycles. The summed E-state index contributed by atoms with van der Waals surface area (Å²) in [6.07, 6.45) is 5.37. The van der Waals surface area contributed by atoms with Gasteiger partial charge in [0.2, 0.25) is 0 Å². The summed E-state index contributed by atoms with van der Waals surface area (Å²) >= 11 is 1.21. The van der Waals surface area contributed by atoms with Gasteiger partial charge in [0.25, 0.3) is 5.56 Å². The summed E-state index contributed by atoms with van der Waals surface area (Å²) < 4.78 is 25.7. The molecule has 0 saturated carbocycles. The van der Waals surface area contributed by atoms with Crippen molar-refractivity contribution < 1.29 is 28.5 Å². The van der Waals surface area contributed by atoms with Gasteiger partial charge in [-0.05, 0) is 80.4 Å². The smallest absolute Gasteiger partial charge is 0.338 e. The predicted molar refractivity (Wildman–Crippen MR) is 194 cm³/mol. The van der Waals surface area contributed by atoms with Gasteiger partial charge in [-0.25, -0.2) is 14.5 Å². The molecule has 2 aromatic heterocycles. The van der Waals surface area contributed by atoms with Crippen molar-refractivity contribution in [2.45, 2.75) is 33.7 Å². The number of aromatic nitrogens is 3. The number of benzene rings is 3. The first-order chi connectivity index (χ1) is 24.6. The molecule has 0 unspecified atom stereocenters. The fourth-order valence-corrected chi connectivity index (χ4v) is 6.92. The molecule has 0 radical (unpaired) electrons. The molecule has 0 fully saturated rings. The summed E-state index contributed by atoms with van der Waals surface area (Å²) in [6.45, 7) is 10.9. The number of ether oxygens (including phenoxy) is 4. The van der Waals surface area contributed by atoms with Crippen molar-refractivity contribution in [3.8, 4) is 34.2 Å². The number of fused-ring (bicyclic) bond motifs is 1. The lowest BCUT2D eigenvalue weighted by molar-refractivity contribution is -0.139. The van der Waals surface area contributed by atoms with Crippen LogP contribution in [0.5, 0.6) is 17.2 Å². The van der Waals surface area contributed by atoms with E-state index in [1.54, 1.807) is 48.9 Å². The Hall–Kier alpha value is -6.01. The van der Waals surface area contributed by atoms with Gasteiger partial charge in [-0.15, -0.1) is 0 Å². The lowest BCUT2D eigenvalue weighted by Gasteiger charge is -2.25. The number of esters is 2. The highest BCUT2D eigenvalue weighted by Crippen LogP contribution is 2.36. The molecular formula is C39H36N4O7S. The SMILES string of the molecule is C=CCOc1ccc(-c2nn(-c3ccccc3)cc2/C=c2\sc3n(c2=O)[C@H](c2ccc(OC(C)=O)c(OC)c2)C(C(=O)OCC)=C(C)N=3)cc1C. The molecule has 1 atom stereocenters. The van der Waals surface area contributed by atoms with Crippen LogP contribution in [-0.2, 0) is 14.3 Å². The van der Waals surface area contributed by atoms with Gasteiger partial charge in [0, 0.05) is 24.2 Å². The van der Waals surface area contributed by atoms with E-state index in [0.29, 0.717) is 38.5 Å². The first-order valence-corrected chi connectivity index (χ1v) is 17.0. The number of methoxy groups -OCH3 is 1. The van der Waals surface area contributed by atoms with Crippen LogP contribution < -0.4 is 29.1 Å². The summed E-state index contributed by atoms with van der Waals surface area (Å²) in [4.78, 5) is 44.8. The van der Waals surface area contributed by atoms with Gasteiger partial charge in [0.05, 0.1) is 41.2 Å². The van der Waals surface area contributed by atoms with Crippen LogP contribution in [0.2, 0.25) is 0 Å². The highest BCUT2D eigenvalue weighted by Gasteiger charge is 2.34. The molecule has 3 aromatic carbocycles. The van der Waals surface area contributed by atoms with Gasteiger partial charge in [-0.1, -0.05) is 48.3 Å². The van der Waals surface area contributed by atoms with Gasteiger partial charge in [-0.2, -0.15) is 5.10 Å². The van der Waals surface area contributed by atoms with Crippen LogP contribution in [0.1, 0.15) is 43.5 Å². The zero-order valence-corrected chi connectivity index (χ0v) is 29.7. The number of carbonyl (C=O) groups is 2. The molecule has 1 aliphatic rings. The molecule has 0 N–H and O–H groups in total. The Morgan fingerprint density at radius 2 is 1.78 bits per heavy atom. The lowest BCUT2D eigenvalue weighted by atomic mass is 9.95. The molecule has 11 nitrogen and oxygen atoms in total. The maximum absolute atomic E-state index is 14.5. The van der Waals surface area contributed by atoms with Crippen molar-refractivity contribution in [1.29, 1.82) is 0 Å². The molecule has 51 heavy (non-hydrogen) atoms. The minimum absolute atomic E-state index is 0.135. The molecule has 0 saturated heterocycles. The number of rotatable bonds is 11. The standard InChI is InChI=1S/C39H36N4O7S/c1-7-18-49-30-16-14-26(19-23(30)3)35-28(22-42(41-35)29-12-10-9-11-13-29)21-33-37(45)43-36(27-15-17-31(50-25(5)44)32(20-27)47-6)34(38(46)48-8-2)24(4)40-39(43)51-33/h7,9-17,19-22,36H,1,8,18H2,2-6H3/b33-21-/t36-/m1/s1. The van der Waals surface area contributed by atoms with E-state index in [1.165, 1.54) is 29.9 Å². The molecule has 12 heteroatoms. The minimum atomic E-state index is -0.903. The molecule has 5 aromatic rings. The topological polar surface area (TPSA) is 123 Å². The van der Waals surface area contributed by atoms with E-state index in [2.05, 4.69) is 6.58 Å². The highest BCUT2D eigenvalue weighted by atomic mass is 32.1. The maximum atomic E-state index is 14.5. The third-order valence-corrected chi connectivity index (χ3v) is 9.11. The lowest BCUT2D eigenvalue weighted by Crippen LogP contribution is -2.40. The molecule has 1 aliphatic heterocycles. The van der Waals surface area contributed by atoms with Crippen LogP contribution in [0.25, 0.3) is 23.0 Å². The predicted octanol–water partition coefficient (Wildman–Crippen LogP) is 5.46. The molecular weight excluding hydrogens is 669 g/mol. The molecule has 6 rings (SSSR count). The maximum Gasteiger partial charge on any atom is 0.338 e. The van der Waals surface area contributed by atoms with E-state index in [0.717, 1.165) is 22.6 Å². The van der Waals surface area contributed by atoms with E-state index < -0.39 is 18.0 Å². The molecule has 0 bridgehead atoms. The van der Waals surface area contributed by atoms with E-state index in [1.807, 2.05) is 61.7 Å². The number of thiazole rings is 1. The number of aryl methyl sites for hydroxylation is 1. The van der Waals surface area contributed by atoms with Crippen molar-refractivity contribution in [2.75, 3.05) is 20.3 Å². The Labute approximate surface area is 298 Å². The Morgan fingerprint density at radius 1 is 1.02 bits per heavy atom. The van der Waals surface area contributed by atoms with E-state index in [9.17, 15) is 14.4 Å². The van der Waals surface area contributed by atoms with Crippen LogP contribution >= 0.6 is 11.3 Å². The Morgan fingerprint density at radius 3 is 2.47 bits per heavy atom. The number of allylic oxidation sites excluding steroid dienone is 1. The van der Waals surface area contributed by atoms with Crippen molar-refractivity contribution in [2.24, 2.45) is 4.99 Å². The second kappa shape index (κ2) is 14.9. The van der Waals surface area contributed by atoms with Crippen LogP contribution in [0, 0.1) is 6.92 Å². The quantitative estimate of drug-likeness (QED) is 0.101. The molecule has 0 amide bonds. The summed E-state index contributed by atoms with van der Waals surface area (Å²) in [5.74, 6) is 0.0960. The van der Waals surface area contributed by atoms with Crippen molar-refractivity contribution in [3.63, 3.8) is 0 Å². The largest absolute Gasteiger partial charge is 0.493 e. The number of hydrogen-bond acceptors (Lipinski definition) is 10. The van der Waals surface area contributed by atoms with Gasteiger partial charge in [0.1, 0.15) is 18.1 Å². The number of para-hydroxylation sites is 1. The number of nitrogens with zero attached hydrogens (tertiary/aromatic N) is 4. The van der Waals surface area contributed by atoms with Crippen LogP contribution in [0.3, 0.4) is 0 Å². The van der Waals surface area contributed by atoms with E-state index in [4.69, 9.17) is 29.0 Å². The van der Waals surface area contributed by atoms with Crippen LogP contribution in [-0.4, -0.2) is 46.6 Å². The van der Waals surface area contributed by atoms with Crippen LogP contribution in [0.4, 0.5) is 0 Å². The van der Waals surface area contributed by atoms with Gasteiger partial charge >= 0.3 is 11.9 Å². The minimum Gasteiger partial charge on any atom is -0.493 e. The van der Waals surface area contributed by atoms with Crippen LogP contribution in [0.15, 0.2) is 107 Å². The average Bonchev–Trinajstić information content (AvgIpc) is 3.67. The van der Waals surface area contributed by atoms with Crippen molar-refractivity contribution in [1.82, 2.24) is 14.3 Å². The molecule has 260 valence electrons. The van der Waals surface area contributed by atoms with Gasteiger partial charge < -0.3 is 18.9 Å². The Balaban J connectivity index is 1.54. The normalized spacial score (nSPS) is 14.1. The first kappa shape index (κ1) is 34.8. The Bertz CT molecular complexity index is 2370. The summed E-state index contributed by atoms with van der Waals surface area (Å²) in [5.41, 5.74) is 4.79. The fraction of sp³-hybridized carbons (Fsp3) is 0.205. The number of carbonyl (C=O) groups excluding carboxylic acids is 2. The summed E-state index contributed by atoms with van der Waals surface area (Å²) in [7, 11) is 1.45. The molecule has 3 heterocycles. The highest BCUT2D eigenvalue weighted by molar-refractivity contribution is 7.07. The van der Waals surface area contributed by atoms with Gasteiger partial charge in [-0.3, -0.25) is 14.2 Å². The van der Waals surface area contributed by atoms with Crippen molar-refractivity contribution in [3.05, 3.63) is 133 Å². The zero-order valence-electron chi connectivity index (χ0n) is 28.8. The van der Waals surface area contributed by atoms with E-state index in [-0.39, 0.29) is 29.2 Å². The monoisotopic (exact) mass is 704 g/mol. The van der Waals surface area contributed by atoms with E-state index >= 15 is 0 Å². The third kappa shape index (κ3) is 7.04. The van der Waals surface area contributed by atoms with Gasteiger partial charge in [0.15, 0.2) is 16.3 Å². The zero-order chi connectivity index (χ0) is 36.2. The first-order valence-electron chi connectivity index (χ1n) is 16.2. The average molecular weight is 705 g/mol. The second-order valence-corrected chi connectivity index (χ2v) is 12.6. The fourth-order valence-electron chi connectivity index (χ4n) is 5.88.